The first-order valence-electron chi connectivity index (χ1n) is 8.43. The lowest BCUT2D eigenvalue weighted by atomic mass is 10.2. The molecule has 0 aliphatic heterocycles. The molecule has 8 heteroatoms. The van der Waals surface area contributed by atoms with E-state index in [1.165, 1.54) is 25.7 Å². The first kappa shape index (κ1) is 20.4. The van der Waals surface area contributed by atoms with E-state index in [1.54, 1.807) is 31.2 Å². The van der Waals surface area contributed by atoms with Gasteiger partial charge in [0.2, 0.25) is 15.9 Å². The van der Waals surface area contributed by atoms with Crippen molar-refractivity contribution in [3.05, 3.63) is 29.3 Å². The molecule has 0 heterocycles. The maximum Gasteiger partial charge on any atom is 0.243 e. The van der Waals surface area contributed by atoms with Gasteiger partial charge < -0.3 is 5.32 Å². The number of thioether (sulfide) groups is 1. The summed E-state index contributed by atoms with van der Waals surface area (Å²) in [5.41, 5.74) is 0.426. The van der Waals surface area contributed by atoms with Gasteiger partial charge in [-0.2, -0.15) is 11.8 Å². The fourth-order valence-electron chi connectivity index (χ4n) is 3.00. The van der Waals surface area contributed by atoms with Gasteiger partial charge in [0.1, 0.15) is 6.04 Å². The predicted octanol–water partition coefficient (Wildman–Crippen LogP) is 3.29. The number of hydrogen-bond acceptors (Lipinski definition) is 4. The minimum absolute atomic E-state index is 0.299. The Kier molecular flexibility index (Phi) is 7.46. The van der Waals surface area contributed by atoms with E-state index >= 15 is 0 Å². The summed E-state index contributed by atoms with van der Waals surface area (Å²) in [4.78, 5) is 12.4. The van der Waals surface area contributed by atoms with E-state index in [1.807, 2.05) is 11.8 Å². The Bertz CT molecular complexity index is 674. The number of amides is 1. The summed E-state index contributed by atoms with van der Waals surface area (Å²) in [6, 6.07) is 5.59. The molecule has 1 aliphatic carbocycles. The molecular weight excluding hydrogens is 380 g/mol. The van der Waals surface area contributed by atoms with Crippen LogP contribution in [0.25, 0.3) is 0 Å². The van der Waals surface area contributed by atoms with Crippen LogP contribution in [0.2, 0.25) is 5.02 Å². The van der Waals surface area contributed by atoms with E-state index in [0.29, 0.717) is 22.5 Å². The number of carbonyl (C=O) groups excluding carboxylic acids is 1. The molecule has 1 saturated carbocycles. The van der Waals surface area contributed by atoms with Crippen molar-refractivity contribution in [3.8, 4) is 0 Å². The van der Waals surface area contributed by atoms with Crippen LogP contribution in [0.4, 0.5) is 5.69 Å². The highest BCUT2D eigenvalue weighted by Crippen LogP contribution is 2.29. The van der Waals surface area contributed by atoms with Crippen molar-refractivity contribution < 1.29 is 13.2 Å². The van der Waals surface area contributed by atoms with Crippen LogP contribution in [0.1, 0.15) is 32.6 Å². The molecular formula is C17H25ClN2O3S2. The lowest BCUT2D eigenvalue weighted by Gasteiger charge is -2.28. The summed E-state index contributed by atoms with van der Waals surface area (Å²) in [5, 5.41) is 4.06. The predicted molar refractivity (Wildman–Crippen MR) is 106 cm³/mol. The molecule has 1 amide bonds. The van der Waals surface area contributed by atoms with Gasteiger partial charge in [0, 0.05) is 22.6 Å². The zero-order valence-corrected chi connectivity index (χ0v) is 17.0. The molecule has 1 aliphatic rings. The van der Waals surface area contributed by atoms with Crippen molar-refractivity contribution in [2.45, 2.75) is 43.9 Å². The van der Waals surface area contributed by atoms with Crippen molar-refractivity contribution >= 4 is 45.0 Å². The molecule has 25 heavy (non-hydrogen) atoms. The average Bonchev–Trinajstić information content (AvgIpc) is 3.05. The largest absolute Gasteiger partial charge is 0.353 e. The van der Waals surface area contributed by atoms with Crippen LogP contribution in [0.15, 0.2) is 24.3 Å². The van der Waals surface area contributed by atoms with Crippen molar-refractivity contribution in [1.29, 1.82) is 0 Å². The molecule has 140 valence electrons. The molecule has 1 aromatic rings. The Balaban J connectivity index is 1.94. The Labute approximate surface area is 159 Å². The van der Waals surface area contributed by atoms with Crippen LogP contribution < -0.4 is 9.62 Å². The van der Waals surface area contributed by atoms with E-state index in [9.17, 15) is 13.2 Å². The number of carbonyl (C=O) groups is 1. The van der Waals surface area contributed by atoms with E-state index < -0.39 is 16.1 Å². The quantitative estimate of drug-likeness (QED) is 0.675. The zero-order valence-electron chi connectivity index (χ0n) is 14.6. The molecule has 0 radical (unpaired) electrons. The van der Waals surface area contributed by atoms with E-state index in [4.69, 9.17) is 11.6 Å². The monoisotopic (exact) mass is 404 g/mol. The van der Waals surface area contributed by atoms with Crippen molar-refractivity contribution in [2.24, 2.45) is 0 Å². The van der Waals surface area contributed by atoms with Crippen LogP contribution >= 0.6 is 23.4 Å². The molecule has 0 aromatic heterocycles. The fourth-order valence-corrected chi connectivity index (χ4v) is 5.52. The van der Waals surface area contributed by atoms with Crippen molar-refractivity contribution in [2.75, 3.05) is 22.9 Å². The highest BCUT2D eigenvalue weighted by molar-refractivity contribution is 7.99. The van der Waals surface area contributed by atoms with Gasteiger partial charge in [0.15, 0.2) is 0 Å². The third kappa shape index (κ3) is 6.08. The Morgan fingerprint density at radius 2 is 1.92 bits per heavy atom. The van der Waals surface area contributed by atoms with Crippen LogP contribution in [-0.2, 0) is 14.8 Å². The Hall–Kier alpha value is -0.920. The number of nitrogens with zero attached hydrogens (tertiary/aromatic N) is 1. The summed E-state index contributed by atoms with van der Waals surface area (Å²) in [5.74, 6) is 0.551. The summed E-state index contributed by atoms with van der Waals surface area (Å²) < 4.78 is 25.5. The molecule has 2 rings (SSSR count). The summed E-state index contributed by atoms with van der Waals surface area (Å²) >= 11 is 7.75. The smallest absolute Gasteiger partial charge is 0.243 e. The minimum atomic E-state index is -3.59. The number of benzene rings is 1. The molecule has 0 saturated heterocycles. The topological polar surface area (TPSA) is 66.5 Å². The zero-order chi connectivity index (χ0) is 18.4. The summed E-state index contributed by atoms with van der Waals surface area (Å²) in [6.07, 6.45) is 6.21. The second-order valence-electron chi connectivity index (χ2n) is 6.28. The number of rotatable bonds is 8. The van der Waals surface area contributed by atoms with Gasteiger partial charge in [-0.1, -0.05) is 24.4 Å². The number of sulfonamides is 1. The first-order valence-corrected chi connectivity index (χ1v) is 11.7. The maximum atomic E-state index is 12.4. The molecule has 1 N–H and O–H groups in total. The lowest BCUT2D eigenvalue weighted by Crippen LogP contribution is -2.48. The number of anilines is 1. The number of halogens is 1. The summed E-state index contributed by atoms with van der Waals surface area (Å²) in [6.45, 7) is 2.14. The van der Waals surface area contributed by atoms with Gasteiger partial charge in [-0.25, -0.2) is 8.42 Å². The second-order valence-corrected chi connectivity index (χ2v) is 9.98. The molecule has 1 unspecified atom stereocenters. The van der Waals surface area contributed by atoms with Gasteiger partial charge in [-0.15, -0.1) is 0 Å². The number of nitrogens with one attached hydrogen (secondary N) is 1. The maximum absolute atomic E-state index is 12.4. The van der Waals surface area contributed by atoms with Crippen LogP contribution in [0, 0.1) is 0 Å². The highest BCUT2D eigenvalue weighted by atomic mass is 35.5. The van der Waals surface area contributed by atoms with Crippen LogP contribution in [0.3, 0.4) is 0 Å². The molecule has 1 fully saturated rings. The van der Waals surface area contributed by atoms with E-state index in [2.05, 4.69) is 5.32 Å². The third-order valence-corrected chi connectivity index (χ3v) is 7.10. The highest BCUT2D eigenvalue weighted by Gasteiger charge is 2.28. The van der Waals surface area contributed by atoms with Crippen molar-refractivity contribution in [3.63, 3.8) is 0 Å². The second kappa shape index (κ2) is 9.14. The van der Waals surface area contributed by atoms with Gasteiger partial charge >= 0.3 is 0 Å². The SMILES string of the molecule is CC(C(=O)NCCSC1CCCC1)N(c1ccc(Cl)cc1)S(C)(=O)=O. The number of hydrogen-bond donors (Lipinski definition) is 1. The van der Waals surface area contributed by atoms with E-state index in [0.717, 1.165) is 16.3 Å². The standard InChI is InChI=1S/C17H25ClN2O3S2/c1-13(17(21)19-11-12-24-16-5-3-4-6-16)20(25(2,22)23)15-9-7-14(18)8-10-15/h7-10,13,16H,3-6,11-12H2,1-2H3,(H,19,21). The first-order chi connectivity index (χ1) is 11.8. The average molecular weight is 405 g/mol. The summed E-state index contributed by atoms with van der Waals surface area (Å²) in [7, 11) is -3.59. The minimum Gasteiger partial charge on any atom is -0.353 e. The van der Waals surface area contributed by atoms with Gasteiger partial charge in [0.25, 0.3) is 0 Å². The van der Waals surface area contributed by atoms with Crippen LogP contribution in [-0.4, -0.2) is 44.2 Å². The van der Waals surface area contributed by atoms with Crippen LogP contribution in [0.5, 0.6) is 0 Å². The van der Waals surface area contributed by atoms with Crippen molar-refractivity contribution in [1.82, 2.24) is 5.32 Å². The molecule has 1 aromatic carbocycles. The molecule has 5 nitrogen and oxygen atoms in total. The molecule has 1 atom stereocenters. The van der Waals surface area contributed by atoms with Gasteiger partial charge in [-0.05, 0) is 44.0 Å². The fraction of sp³-hybridized carbons (Fsp3) is 0.588. The Morgan fingerprint density at radius 1 is 1.32 bits per heavy atom. The normalized spacial score (nSPS) is 16.6. The third-order valence-electron chi connectivity index (χ3n) is 4.23. The molecule has 0 bridgehead atoms. The van der Waals surface area contributed by atoms with Gasteiger partial charge in [0.05, 0.1) is 11.9 Å². The van der Waals surface area contributed by atoms with E-state index in [-0.39, 0.29) is 5.91 Å². The molecule has 0 spiro atoms. The Morgan fingerprint density at radius 3 is 2.48 bits per heavy atom. The van der Waals surface area contributed by atoms with Gasteiger partial charge in [-0.3, -0.25) is 9.10 Å². The lowest BCUT2D eigenvalue weighted by molar-refractivity contribution is -0.121.